The van der Waals surface area contributed by atoms with Gasteiger partial charge in [-0.2, -0.15) is 0 Å². The molecule has 98 valence electrons. The Morgan fingerprint density at radius 2 is 1.89 bits per heavy atom. The zero-order valence-corrected chi connectivity index (χ0v) is 10.7. The van der Waals surface area contributed by atoms with Crippen LogP contribution in [-0.2, 0) is 14.1 Å². The van der Waals surface area contributed by atoms with E-state index in [4.69, 9.17) is 4.42 Å². The highest BCUT2D eigenvalue weighted by Gasteiger charge is 2.15. The van der Waals surface area contributed by atoms with Crippen LogP contribution in [0.4, 0.5) is 0 Å². The first-order valence-electron chi connectivity index (χ1n) is 5.96. The first kappa shape index (κ1) is 11.8. The molecular weight excluding hydrogens is 244 g/mol. The van der Waals surface area contributed by atoms with Gasteiger partial charge in [-0.1, -0.05) is 6.07 Å². The number of nitrogens with zero attached hydrogens (tertiary/aromatic N) is 2. The van der Waals surface area contributed by atoms with E-state index < -0.39 is 6.10 Å². The Labute approximate surface area is 109 Å². The van der Waals surface area contributed by atoms with Crippen molar-refractivity contribution in [1.29, 1.82) is 0 Å². The molecule has 1 aromatic carbocycles. The normalized spacial score (nSPS) is 13.0. The van der Waals surface area contributed by atoms with Gasteiger partial charge in [0.1, 0.15) is 11.9 Å². The number of imidazole rings is 1. The van der Waals surface area contributed by atoms with Crippen molar-refractivity contribution in [1.82, 2.24) is 9.13 Å². The third-order valence-corrected chi connectivity index (χ3v) is 3.42. The van der Waals surface area contributed by atoms with E-state index in [1.165, 1.54) is 6.26 Å². The molecule has 1 atom stereocenters. The van der Waals surface area contributed by atoms with Crippen molar-refractivity contribution in [2.24, 2.45) is 14.1 Å². The summed E-state index contributed by atoms with van der Waals surface area (Å²) in [5.41, 5.74) is 2.24. The van der Waals surface area contributed by atoms with Gasteiger partial charge < -0.3 is 9.52 Å². The Morgan fingerprint density at radius 1 is 1.16 bits per heavy atom. The van der Waals surface area contributed by atoms with Crippen molar-refractivity contribution in [3.8, 4) is 0 Å². The summed E-state index contributed by atoms with van der Waals surface area (Å²) < 4.78 is 8.34. The maximum atomic E-state index is 11.8. The summed E-state index contributed by atoms with van der Waals surface area (Å²) in [4.78, 5) is 11.8. The van der Waals surface area contributed by atoms with Gasteiger partial charge in [0.25, 0.3) is 0 Å². The molecule has 1 unspecified atom stereocenters. The van der Waals surface area contributed by atoms with Gasteiger partial charge in [-0.05, 0) is 29.8 Å². The molecule has 0 saturated carbocycles. The predicted molar refractivity (Wildman–Crippen MR) is 70.9 cm³/mol. The maximum absolute atomic E-state index is 11.8. The van der Waals surface area contributed by atoms with Crippen molar-refractivity contribution in [2.45, 2.75) is 6.10 Å². The second-order valence-electron chi connectivity index (χ2n) is 4.57. The first-order valence-corrected chi connectivity index (χ1v) is 5.96. The molecule has 0 radical (unpaired) electrons. The molecule has 0 aliphatic heterocycles. The molecule has 0 spiro atoms. The van der Waals surface area contributed by atoms with Gasteiger partial charge in [-0.15, -0.1) is 0 Å². The topological polar surface area (TPSA) is 60.3 Å². The number of aliphatic hydroxyl groups excluding tert-OH is 1. The average molecular weight is 258 g/mol. The fourth-order valence-corrected chi connectivity index (χ4v) is 2.31. The number of aliphatic hydroxyl groups is 1. The van der Waals surface area contributed by atoms with E-state index in [1.807, 2.05) is 12.1 Å². The molecule has 3 aromatic rings. The molecule has 0 amide bonds. The minimum absolute atomic E-state index is 0.0837. The SMILES string of the molecule is Cn1c(=O)n(C)c2cc(C(O)c3ccco3)ccc21. The summed E-state index contributed by atoms with van der Waals surface area (Å²) in [5.74, 6) is 0.486. The third-order valence-electron chi connectivity index (χ3n) is 3.42. The van der Waals surface area contributed by atoms with Crippen LogP contribution in [0, 0.1) is 0 Å². The largest absolute Gasteiger partial charge is 0.466 e. The van der Waals surface area contributed by atoms with E-state index >= 15 is 0 Å². The monoisotopic (exact) mass is 258 g/mol. The summed E-state index contributed by atoms with van der Waals surface area (Å²) in [6, 6.07) is 8.89. The van der Waals surface area contributed by atoms with Crippen LogP contribution in [0.15, 0.2) is 45.8 Å². The zero-order chi connectivity index (χ0) is 13.6. The van der Waals surface area contributed by atoms with Crippen molar-refractivity contribution >= 4 is 11.0 Å². The summed E-state index contributed by atoms with van der Waals surface area (Å²) in [5, 5.41) is 10.2. The lowest BCUT2D eigenvalue weighted by Crippen LogP contribution is -2.19. The van der Waals surface area contributed by atoms with Gasteiger partial charge in [-0.3, -0.25) is 9.13 Å². The summed E-state index contributed by atoms with van der Waals surface area (Å²) in [7, 11) is 3.45. The molecule has 2 heterocycles. The Balaban J connectivity index is 2.17. The van der Waals surface area contributed by atoms with Crippen LogP contribution in [0.25, 0.3) is 11.0 Å². The van der Waals surface area contributed by atoms with E-state index in [2.05, 4.69) is 0 Å². The van der Waals surface area contributed by atoms with Gasteiger partial charge in [-0.25, -0.2) is 4.79 Å². The molecule has 2 aromatic heterocycles. The molecule has 0 aliphatic carbocycles. The fourth-order valence-electron chi connectivity index (χ4n) is 2.31. The van der Waals surface area contributed by atoms with Crippen LogP contribution < -0.4 is 5.69 Å². The number of benzene rings is 1. The molecule has 1 N–H and O–H groups in total. The van der Waals surface area contributed by atoms with Crippen LogP contribution in [0.1, 0.15) is 17.4 Å². The van der Waals surface area contributed by atoms with Gasteiger partial charge in [0, 0.05) is 14.1 Å². The number of hydrogen-bond acceptors (Lipinski definition) is 3. The summed E-state index contributed by atoms with van der Waals surface area (Å²) in [6.45, 7) is 0. The van der Waals surface area contributed by atoms with Crippen LogP contribution >= 0.6 is 0 Å². The number of fused-ring (bicyclic) bond motifs is 1. The maximum Gasteiger partial charge on any atom is 0.328 e. The molecule has 5 heteroatoms. The van der Waals surface area contributed by atoms with Gasteiger partial charge in [0.05, 0.1) is 17.3 Å². The summed E-state index contributed by atoms with van der Waals surface area (Å²) >= 11 is 0. The average Bonchev–Trinajstić information content (AvgIpc) is 3.03. The van der Waals surface area contributed by atoms with E-state index in [0.717, 1.165) is 11.0 Å². The third kappa shape index (κ3) is 1.70. The van der Waals surface area contributed by atoms with Gasteiger partial charge in [0.15, 0.2) is 0 Å². The minimum Gasteiger partial charge on any atom is -0.466 e. The molecule has 5 nitrogen and oxygen atoms in total. The highest BCUT2D eigenvalue weighted by molar-refractivity contribution is 5.77. The molecular formula is C14H14N2O3. The van der Waals surface area contributed by atoms with Crippen LogP contribution in [0.2, 0.25) is 0 Å². The van der Waals surface area contributed by atoms with Crippen molar-refractivity contribution in [3.05, 3.63) is 58.4 Å². The molecule has 0 saturated heterocycles. The van der Waals surface area contributed by atoms with E-state index in [0.29, 0.717) is 11.3 Å². The molecule has 19 heavy (non-hydrogen) atoms. The number of rotatable bonds is 2. The molecule has 0 bridgehead atoms. The molecule has 0 aliphatic rings. The quantitative estimate of drug-likeness (QED) is 0.758. The van der Waals surface area contributed by atoms with E-state index in [1.54, 1.807) is 41.4 Å². The first-order chi connectivity index (χ1) is 9.09. The van der Waals surface area contributed by atoms with Gasteiger partial charge in [0.2, 0.25) is 0 Å². The molecule has 0 fully saturated rings. The highest BCUT2D eigenvalue weighted by Crippen LogP contribution is 2.25. The Kier molecular flexibility index (Phi) is 2.57. The predicted octanol–water partition coefficient (Wildman–Crippen LogP) is 1.55. The van der Waals surface area contributed by atoms with Crippen LogP contribution in [0.3, 0.4) is 0 Å². The Morgan fingerprint density at radius 3 is 2.58 bits per heavy atom. The van der Waals surface area contributed by atoms with E-state index in [9.17, 15) is 9.90 Å². The number of hydrogen-bond donors (Lipinski definition) is 1. The number of furan rings is 1. The van der Waals surface area contributed by atoms with Crippen LogP contribution in [0.5, 0.6) is 0 Å². The molecule has 3 rings (SSSR count). The zero-order valence-electron chi connectivity index (χ0n) is 10.7. The lowest BCUT2D eigenvalue weighted by molar-refractivity contribution is 0.189. The summed E-state index contributed by atoms with van der Waals surface area (Å²) in [6.07, 6.45) is 0.699. The van der Waals surface area contributed by atoms with Gasteiger partial charge >= 0.3 is 5.69 Å². The van der Waals surface area contributed by atoms with Crippen molar-refractivity contribution in [2.75, 3.05) is 0 Å². The Bertz CT molecular complexity index is 781. The Hall–Kier alpha value is -2.27. The van der Waals surface area contributed by atoms with Crippen molar-refractivity contribution in [3.63, 3.8) is 0 Å². The second-order valence-corrected chi connectivity index (χ2v) is 4.57. The smallest absolute Gasteiger partial charge is 0.328 e. The standard InChI is InChI=1S/C14H14N2O3/c1-15-10-6-5-9(8-11(10)16(2)14(15)18)13(17)12-4-3-7-19-12/h3-8,13,17H,1-2H3. The fraction of sp³-hybridized carbons (Fsp3) is 0.214. The highest BCUT2D eigenvalue weighted by atomic mass is 16.4. The number of aryl methyl sites for hydroxylation is 2. The number of aromatic nitrogens is 2. The van der Waals surface area contributed by atoms with Crippen molar-refractivity contribution < 1.29 is 9.52 Å². The van der Waals surface area contributed by atoms with E-state index in [-0.39, 0.29) is 5.69 Å². The lowest BCUT2D eigenvalue weighted by atomic mass is 10.1. The lowest BCUT2D eigenvalue weighted by Gasteiger charge is -2.08. The van der Waals surface area contributed by atoms with Crippen LogP contribution in [-0.4, -0.2) is 14.2 Å². The minimum atomic E-state index is -0.824. The second kappa shape index (κ2) is 4.13.